The number of H-pyrrole nitrogens is 1. The molecule has 0 bridgehead atoms. The largest absolute Gasteiger partial charge is 0.379 e. The Bertz CT molecular complexity index is 877. The van der Waals surface area contributed by atoms with Gasteiger partial charge in [0.05, 0.1) is 31.5 Å². The number of ether oxygens (including phenoxy) is 1. The molecule has 2 aliphatic rings. The van der Waals surface area contributed by atoms with Crippen LogP contribution in [0.4, 0.5) is 0 Å². The molecule has 8 heteroatoms. The Labute approximate surface area is 157 Å². The molecule has 0 radical (unpaired) electrons. The average molecular weight is 369 g/mol. The number of amides is 1. The molecule has 1 N–H and O–H groups in total. The van der Waals surface area contributed by atoms with E-state index in [0.717, 1.165) is 18.7 Å². The van der Waals surface area contributed by atoms with Crippen LogP contribution in [-0.2, 0) is 22.5 Å². The molecule has 2 aromatic heterocycles. The summed E-state index contributed by atoms with van der Waals surface area (Å²) in [6, 6.07) is 3.45. The third kappa shape index (κ3) is 3.63. The predicted molar refractivity (Wildman–Crippen MR) is 99.1 cm³/mol. The van der Waals surface area contributed by atoms with Crippen LogP contribution in [0.15, 0.2) is 29.3 Å². The number of nitrogens with zero attached hydrogens (tertiary/aromatic N) is 4. The van der Waals surface area contributed by atoms with Crippen LogP contribution in [0, 0.1) is 0 Å². The molecule has 8 nitrogen and oxygen atoms in total. The van der Waals surface area contributed by atoms with Gasteiger partial charge in [0.25, 0.3) is 5.56 Å². The second-order valence-electron chi connectivity index (χ2n) is 6.92. The van der Waals surface area contributed by atoms with Crippen LogP contribution in [0.2, 0.25) is 0 Å². The van der Waals surface area contributed by atoms with Gasteiger partial charge in [-0.1, -0.05) is 0 Å². The van der Waals surface area contributed by atoms with Crippen molar-refractivity contribution in [1.29, 1.82) is 0 Å². The van der Waals surface area contributed by atoms with E-state index >= 15 is 0 Å². The normalized spacial score (nSPS) is 18.8. The van der Waals surface area contributed by atoms with Gasteiger partial charge in [0.15, 0.2) is 0 Å². The topological polar surface area (TPSA) is 91.4 Å². The van der Waals surface area contributed by atoms with Crippen LogP contribution in [0.1, 0.15) is 18.2 Å². The second-order valence-corrected chi connectivity index (χ2v) is 6.92. The van der Waals surface area contributed by atoms with Crippen molar-refractivity contribution in [3.63, 3.8) is 0 Å². The number of aromatic nitrogens is 3. The molecule has 1 fully saturated rings. The van der Waals surface area contributed by atoms with Gasteiger partial charge in [-0.05, 0) is 25.5 Å². The van der Waals surface area contributed by atoms with Crippen LogP contribution in [0.25, 0.3) is 11.4 Å². The van der Waals surface area contributed by atoms with Crippen molar-refractivity contribution in [3.8, 4) is 11.4 Å². The first-order valence-electron chi connectivity index (χ1n) is 9.26. The number of rotatable bonds is 3. The highest BCUT2D eigenvalue weighted by molar-refractivity contribution is 5.81. The number of nitrogens with one attached hydrogen (secondary N) is 1. The van der Waals surface area contributed by atoms with Crippen molar-refractivity contribution in [1.82, 2.24) is 24.8 Å². The van der Waals surface area contributed by atoms with Crippen molar-refractivity contribution in [2.45, 2.75) is 25.9 Å². The van der Waals surface area contributed by atoms with Gasteiger partial charge < -0.3 is 14.6 Å². The zero-order chi connectivity index (χ0) is 18.8. The van der Waals surface area contributed by atoms with Gasteiger partial charge in [0.2, 0.25) is 5.91 Å². The summed E-state index contributed by atoms with van der Waals surface area (Å²) in [7, 11) is 0. The highest BCUT2D eigenvalue weighted by Crippen LogP contribution is 2.19. The number of carbonyl (C=O) groups is 1. The summed E-state index contributed by atoms with van der Waals surface area (Å²) >= 11 is 0. The molecule has 1 saturated heterocycles. The Morgan fingerprint density at radius 3 is 2.85 bits per heavy atom. The minimum absolute atomic E-state index is 0.0764. The fraction of sp³-hybridized carbons (Fsp3) is 0.474. The number of hydrogen-bond donors (Lipinski definition) is 1. The van der Waals surface area contributed by atoms with Crippen molar-refractivity contribution in [3.05, 3.63) is 46.1 Å². The lowest BCUT2D eigenvalue weighted by molar-refractivity contribution is -0.139. The van der Waals surface area contributed by atoms with Crippen LogP contribution in [0.5, 0.6) is 0 Å². The van der Waals surface area contributed by atoms with E-state index < -0.39 is 0 Å². The van der Waals surface area contributed by atoms with E-state index in [1.165, 1.54) is 0 Å². The highest BCUT2D eigenvalue weighted by atomic mass is 16.5. The SMILES string of the molecule is C[C@H](C(=O)N1CCc2c(nc(-c3cccnc3)[nH]c2=O)C1)N1CCOCC1. The Kier molecular flexibility index (Phi) is 5.00. The van der Waals surface area contributed by atoms with Crippen LogP contribution in [-0.4, -0.2) is 69.5 Å². The maximum atomic E-state index is 13.0. The quantitative estimate of drug-likeness (QED) is 0.844. The zero-order valence-electron chi connectivity index (χ0n) is 15.4. The Morgan fingerprint density at radius 2 is 2.11 bits per heavy atom. The molecule has 0 aliphatic carbocycles. The van der Waals surface area contributed by atoms with Gasteiger partial charge in [0, 0.05) is 43.2 Å². The third-order valence-corrected chi connectivity index (χ3v) is 5.27. The van der Waals surface area contributed by atoms with E-state index in [2.05, 4.69) is 19.9 Å². The van der Waals surface area contributed by atoms with Gasteiger partial charge in [-0.3, -0.25) is 19.5 Å². The average Bonchev–Trinajstić information content (AvgIpc) is 2.73. The van der Waals surface area contributed by atoms with Gasteiger partial charge in [-0.2, -0.15) is 0 Å². The van der Waals surface area contributed by atoms with Gasteiger partial charge in [-0.25, -0.2) is 4.98 Å². The van der Waals surface area contributed by atoms with Crippen molar-refractivity contribution in [2.24, 2.45) is 0 Å². The van der Waals surface area contributed by atoms with Crippen LogP contribution < -0.4 is 5.56 Å². The molecule has 4 heterocycles. The monoisotopic (exact) mass is 369 g/mol. The predicted octanol–water partition coefficient (Wildman–Crippen LogP) is 0.437. The van der Waals surface area contributed by atoms with E-state index in [1.807, 2.05) is 17.9 Å². The van der Waals surface area contributed by atoms with E-state index in [0.29, 0.717) is 49.8 Å². The molecule has 0 unspecified atom stereocenters. The molecular weight excluding hydrogens is 346 g/mol. The minimum atomic E-state index is -0.199. The highest BCUT2D eigenvalue weighted by Gasteiger charge is 2.30. The van der Waals surface area contributed by atoms with Crippen molar-refractivity contribution < 1.29 is 9.53 Å². The molecule has 1 atom stereocenters. The number of fused-ring (bicyclic) bond motifs is 1. The van der Waals surface area contributed by atoms with E-state index in [1.54, 1.807) is 18.5 Å². The molecule has 0 saturated carbocycles. The minimum Gasteiger partial charge on any atom is -0.379 e. The van der Waals surface area contributed by atoms with Crippen molar-refractivity contribution >= 4 is 5.91 Å². The summed E-state index contributed by atoms with van der Waals surface area (Å²) < 4.78 is 5.37. The van der Waals surface area contributed by atoms with Crippen molar-refractivity contribution in [2.75, 3.05) is 32.8 Å². The van der Waals surface area contributed by atoms with E-state index in [4.69, 9.17) is 4.74 Å². The smallest absolute Gasteiger partial charge is 0.254 e. The molecular formula is C19H23N5O3. The molecule has 0 aromatic carbocycles. The number of pyridine rings is 1. The third-order valence-electron chi connectivity index (χ3n) is 5.27. The molecule has 142 valence electrons. The lowest BCUT2D eigenvalue weighted by Gasteiger charge is -2.36. The first-order chi connectivity index (χ1) is 13.1. The summed E-state index contributed by atoms with van der Waals surface area (Å²) in [5.41, 5.74) is 1.96. The van der Waals surface area contributed by atoms with Gasteiger partial charge in [0.1, 0.15) is 5.82 Å². The molecule has 1 amide bonds. The van der Waals surface area contributed by atoms with Gasteiger partial charge >= 0.3 is 0 Å². The number of morpholine rings is 1. The second kappa shape index (κ2) is 7.58. The number of carbonyl (C=O) groups excluding carboxylic acids is 1. The lowest BCUT2D eigenvalue weighted by Crippen LogP contribution is -2.52. The zero-order valence-corrected chi connectivity index (χ0v) is 15.4. The number of hydrogen-bond acceptors (Lipinski definition) is 6. The van der Waals surface area contributed by atoms with Crippen LogP contribution in [0.3, 0.4) is 0 Å². The van der Waals surface area contributed by atoms with E-state index in [-0.39, 0.29) is 17.5 Å². The molecule has 4 rings (SSSR count). The molecule has 27 heavy (non-hydrogen) atoms. The summed E-state index contributed by atoms with van der Waals surface area (Å²) in [5.74, 6) is 0.565. The standard InChI is InChI=1S/C19H23N5O3/c1-13(23-7-9-27-10-8-23)19(26)24-6-4-15-16(12-24)21-17(22-18(15)25)14-3-2-5-20-11-14/h2-3,5,11,13H,4,6-10,12H2,1H3,(H,21,22,25)/t13-/m1/s1. The molecule has 2 aliphatic heterocycles. The fourth-order valence-electron chi connectivity index (χ4n) is 3.65. The summed E-state index contributed by atoms with van der Waals surface area (Å²) in [6.07, 6.45) is 3.86. The van der Waals surface area contributed by atoms with E-state index in [9.17, 15) is 9.59 Å². The van der Waals surface area contributed by atoms with Gasteiger partial charge in [-0.15, -0.1) is 0 Å². The first-order valence-corrected chi connectivity index (χ1v) is 9.26. The molecule has 2 aromatic rings. The lowest BCUT2D eigenvalue weighted by atomic mass is 10.0. The maximum absolute atomic E-state index is 13.0. The first kappa shape index (κ1) is 17.8. The van der Waals surface area contributed by atoms with Crippen LogP contribution >= 0.6 is 0 Å². The Morgan fingerprint density at radius 1 is 1.30 bits per heavy atom. The molecule has 0 spiro atoms. The maximum Gasteiger partial charge on any atom is 0.254 e. The fourth-order valence-corrected chi connectivity index (χ4v) is 3.65. The summed E-state index contributed by atoms with van der Waals surface area (Å²) in [5, 5.41) is 0. The summed E-state index contributed by atoms with van der Waals surface area (Å²) in [6.45, 7) is 5.69. The Hall–Kier alpha value is -2.58. The number of aromatic amines is 1. The summed E-state index contributed by atoms with van der Waals surface area (Å²) in [4.78, 5) is 40.9. The Balaban J connectivity index is 1.56.